The Balaban J connectivity index is 2.56. The maximum absolute atomic E-state index is 12.3. The Morgan fingerprint density at radius 3 is 2.26 bits per heavy atom. The summed E-state index contributed by atoms with van der Waals surface area (Å²) in [5.74, 6) is -1.62. The molecule has 0 unspecified atom stereocenters. The summed E-state index contributed by atoms with van der Waals surface area (Å²) < 4.78 is 0. The number of aromatic carboxylic acids is 1. The number of carbonyl (C=O) groups excluding carboxylic acids is 1. The van der Waals surface area contributed by atoms with E-state index in [1.807, 2.05) is 0 Å². The summed E-state index contributed by atoms with van der Waals surface area (Å²) in [5.41, 5.74) is 6.21. The van der Waals surface area contributed by atoms with Crippen LogP contribution in [0.15, 0.2) is 42.5 Å². The molecule has 4 nitrogen and oxygen atoms in total. The summed E-state index contributed by atoms with van der Waals surface area (Å²) in [6.45, 7) is 0. The van der Waals surface area contributed by atoms with E-state index in [-0.39, 0.29) is 22.4 Å². The zero-order chi connectivity index (χ0) is 14.0. The molecule has 0 aliphatic heterocycles. The maximum atomic E-state index is 12.3. The lowest BCUT2D eigenvalue weighted by atomic mass is 9.97. The highest BCUT2D eigenvalue weighted by Crippen LogP contribution is 2.22. The summed E-state index contributed by atoms with van der Waals surface area (Å²) in [7, 11) is 0. The summed E-state index contributed by atoms with van der Waals surface area (Å²) in [5, 5.41) is 9.44. The highest BCUT2D eigenvalue weighted by Gasteiger charge is 2.19. The molecule has 0 aliphatic carbocycles. The zero-order valence-electron chi connectivity index (χ0n) is 9.76. The van der Waals surface area contributed by atoms with E-state index >= 15 is 0 Å². The second kappa shape index (κ2) is 5.12. The van der Waals surface area contributed by atoms with Gasteiger partial charge in [-0.3, -0.25) is 4.79 Å². The predicted octanol–water partition coefficient (Wildman–Crippen LogP) is 2.85. The number of carboxylic acid groups (broad SMARTS) is 1. The molecule has 19 heavy (non-hydrogen) atoms. The van der Waals surface area contributed by atoms with Crippen LogP contribution in [-0.2, 0) is 0 Å². The quantitative estimate of drug-likeness (QED) is 0.667. The summed E-state index contributed by atoms with van der Waals surface area (Å²) >= 11 is 5.83. The minimum atomic E-state index is -1.16. The number of carboxylic acids is 1. The van der Waals surface area contributed by atoms with Crippen molar-refractivity contribution in [3.05, 3.63) is 64.2 Å². The monoisotopic (exact) mass is 275 g/mol. The summed E-state index contributed by atoms with van der Waals surface area (Å²) in [6, 6.07) is 10.5. The fourth-order valence-corrected chi connectivity index (χ4v) is 1.91. The molecule has 0 saturated heterocycles. The third-order valence-corrected chi connectivity index (χ3v) is 2.90. The van der Waals surface area contributed by atoms with E-state index in [4.69, 9.17) is 22.4 Å². The molecule has 0 bridgehead atoms. The number of nitrogen functional groups attached to an aromatic ring is 1. The van der Waals surface area contributed by atoms with Gasteiger partial charge in [0, 0.05) is 21.8 Å². The molecule has 2 rings (SSSR count). The fraction of sp³-hybridized carbons (Fsp3) is 0. The summed E-state index contributed by atoms with van der Waals surface area (Å²) in [6.07, 6.45) is 0. The molecule has 0 fully saturated rings. The van der Waals surface area contributed by atoms with E-state index in [1.165, 1.54) is 24.3 Å². The Morgan fingerprint density at radius 1 is 1.00 bits per heavy atom. The van der Waals surface area contributed by atoms with Crippen molar-refractivity contribution in [1.29, 1.82) is 0 Å². The average molecular weight is 276 g/mol. The molecular weight excluding hydrogens is 266 g/mol. The Labute approximate surface area is 114 Å². The minimum Gasteiger partial charge on any atom is -0.478 e. The highest BCUT2D eigenvalue weighted by molar-refractivity contribution is 6.31. The van der Waals surface area contributed by atoms with Crippen molar-refractivity contribution in [2.24, 2.45) is 0 Å². The molecule has 0 amide bonds. The molecule has 2 aromatic rings. The number of nitrogens with two attached hydrogens (primary N) is 1. The zero-order valence-corrected chi connectivity index (χ0v) is 10.5. The average Bonchev–Trinajstić information content (AvgIpc) is 2.40. The van der Waals surface area contributed by atoms with Gasteiger partial charge in [0.2, 0.25) is 0 Å². The lowest BCUT2D eigenvalue weighted by molar-refractivity contribution is 0.0693. The fourth-order valence-electron chi connectivity index (χ4n) is 1.74. The third kappa shape index (κ3) is 2.58. The van der Waals surface area contributed by atoms with Gasteiger partial charge in [0.15, 0.2) is 5.78 Å². The first-order valence-electron chi connectivity index (χ1n) is 5.42. The SMILES string of the molecule is Nc1ccc(Cl)cc1C(=O)c1ccccc1C(=O)O. The van der Waals surface area contributed by atoms with Gasteiger partial charge in [-0.25, -0.2) is 4.79 Å². The molecule has 3 N–H and O–H groups in total. The Kier molecular flexibility index (Phi) is 3.53. The van der Waals surface area contributed by atoms with Crippen molar-refractivity contribution in [2.45, 2.75) is 0 Å². The number of hydrogen-bond donors (Lipinski definition) is 2. The van der Waals surface area contributed by atoms with E-state index < -0.39 is 11.8 Å². The Hall–Kier alpha value is -2.33. The van der Waals surface area contributed by atoms with Gasteiger partial charge in [0.1, 0.15) is 0 Å². The number of hydrogen-bond acceptors (Lipinski definition) is 3. The van der Waals surface area contributed by atoms with Crippen LogP contribution >= 0.6 is 11.6 Å². The normalized spacial score (nSPS) is 10.2. The number of carbonyl (C=O) groups is 2. The molecule has 0 aromatic heterocycles. The van der Waals surface area contributed by atoms with E-state index in [0.717, 1.165) is 0 Å². The number of rotatable bonds is 3. The lowest BCUT2D eigenvalue weighted by Gasteiger charge is -2.08. The topological polar surface area (TPSA) is 80.4 Å². The van der Waals surface area contributed by atoms with Crippen LogP contribution in [0.5, 0.6) is 0 Å². The molecule has 96 valence electrons. The molecule has 0 radical (unpaired) electrons. The van der Waals surface area contributed by atoms with Crippen LogP contribution in [0.1, 0.15) is 26.3 Å². The van der Waals surface area contributed by atoms with Gasteiger partial charge in [-0.1, -0.05) is 29.8 Å². The molecule has 0 spiro atoms. The first-order chi connectivity index (χ1) is 9.00. The van der Waals surface area contributed by atoms with Crippen LogP contribution in [0.3, 0.4) is 0 Å². The van der Waals surface area contributed by atoms with E-state index in [2.05, 4.69) is 0 Å². The van der Waals surface area contributed by atoms with E-state index in [0.29, 0.717) is 5.02 Å². The second-order valence-electron chi connectivity index (χ2n) is 3.91. The van der Waals surface area contributed by atoms with E-state index in [9.17, 15) is 9.59 Å². The van der Waals surface area contributed by atoms with Gasteiger partial charge in [0.05, 0.1) is 5.56 Å². The summed E-state index contributed by atoms with van der Waals surface area (Å²) in [4.78, 5) is 23.4. The molecular formula is C14H10ClNO3. The maximum Gasteiger partial charge on any atom is 0.336 e. The Morgan fingerprint density at radius 2 is 1.63 bits per heavy atom. The molecule has 0 heterocycles. The molecule has 2 aromatic carbocycles. The van der Waals surface area contributed by atoms with Crippen LogP contribution in [-0.4, -0.2) is 16.9 Å². The number of halogens is 1. The van der Waals surface area contributed by atoms with Gasteiger partial charge in [0.25, 0.3) is 0 Å². The van der Waals surface area contributed by atoms with Gasteiger partial charge >= 0.3 is 5.97 Å². The van der Waals surface area contributed by atoms with Gasteiger partial charge in [-0.15, -0.1) is 0 Å². The first-order valence-corrected chi connectivity index (χ1v) is 5.80. The van der Waals surface area contributed by atoms with Gasteiger partial charge in [-0.2, -0.15) is 0 Å². The molecule has 0 saturated carbocycles. The minimum absolute atomic E-state index is 0.0631. The van der Waals surface area contributed by atoms with Crippen LogP contribution in [0.4, 0.5) is 5.69 Å². The number of anilines is 1. The number of ketones is 1. The van der Waals surface area contributed by atoms with Crippen LogP contribution in [0.2, 0.25) is 5.02 Å². The van der Waals surface area contributed by atoms with Crippen molar-refractivity contribution >= 4 is 29.0 Å². The predicted molar refractivity (Wildman–Crippen MR) is 72.7 cm³/mol. The van der Waals surface area contributed by atoms with Crippen molar-refractivity contribution in [2.75, 3.05) is 5.73 Å². The number of benzene rings is 2. The lowest BCUT2D eigenvalue weighted by Crippen LogP contribution is -2.11. The van der Waals surface area contributed by atoms with Crippen molar-refractivity contribution in [1.82, 2.24) is 0 Å². The first kappa shape index (κ1) is 13.1. The standard InChI is InChI=1S/C14H10ClNO3/c15-8-5-6-12(16)11(7-8)13(17)9-3-1-2-4-10(9)14(18)19/h1-7H,16H2,(H,18,19). The van der Waals surface area contributed by atoms with E-state index in [1.54, 1.807) is 18.2 Å². The Bertz CT molecular complexity index is 667. The largest absolute Gasteiger partial charge is 0.478 e. The van der Waals surface area contributed by atoms with Gasteiger partial charge < -0.3 is 10.8 Å². The van der Waals surface area contributed by atoms with Crippen LogP contribution in [0.25, 0.3) is 0 Å². The van der Waals surface area contributed by atoms with Crippen molar-refractivity contribution in [3.63, 3.8) is 0 Å². The van der Waals surface area contributed by atoms with Crippen molar-refractivity contribution in [3.8, 4) is 0 Å². The van der Waals surface area contributed by atoms with Crippen molar-refractivity contribution < 1.29 is 14.7 Å². The third-order valence-electron chi connectivity index (χ3n) is 2.66. The molecule has 0 aliphatic rings. The molecule has 5 heteroatoms. The smallest absolute Gasteiger partial charge is 0.336 e. The second-order valence-corrected chi connectivity index (χ2v) is 4.35. The highest BCUT2D eigenvalue weighted by atomic mass is 35.5. The van der Waals surface area contributed by atoms with Crippen LogP contribution in [0, 0.1) is 0 Å². The van der Waals surface area contributed by atoms with Gasteiger partial charge in [-0.05, 0) is 24.3 Å². The molecule has 0 atom stereocenters. The van der Waals surface area contributed by atoms with Crippen LogP contribution < -0.4 is 5.73 Å².